The molecule has 160 valence electrons. The summed E-state index contributed by atoms with van der Waals surface area (Å²) < 4.78 is 17.2. The van der Waals surface area contributed by atoms with Gasteiger partial charge < -0.3 is 19.3 Å². The van der Waals surface area contributed by atoms with Crippen LogP contribution >= 0.6 is 12.4 Å². The number of piperazine rings is 1. The summed E-state index contributed by atoms with van der Waals surface area (Å²) in [6, 6.07) is 9.61. The molecule has 1 aromatic carbocycles. The standard InChI is InChI=1S/C21H25N5O3.ClH/c1-3-27-19-11-16(6-7-18(19)28-14-15-5-4-8-22-12-15)21-24-20(25-29-21)17-13-23-9-10-26(17)2;/h4-8,11-12,17,23H,3,9-10,13-14H2,1-2H3;1H. The fourth-order valence-corrected chi connectivity index (χ4v) is 3.25. The third-order valence-corrected chi connectivity index (χ3v) is 4.86. The zero-order valence-corrected chi connectivity index (χ0v) is 17.9. The van der Waals surface area contributed by atoms with Crippen molar-refractivity contribution < 1.29 is 14.0 Å². The van der Waals surface area contributed by atoms with E-state index in [4.69, 9.17) is 14.0 Å². The zero-order chi connectivity index (χ0) is 20.1. The molecule has 3 heterocycles. The number of hydrogen-bond acceptors (Lipinski definition) is 8. The Morgan fingerprint density at radius 3 is 2.90 bits per heavy atom. The SMILES string of the molecule is CCOc1cc(-c2nc(C3CNCCN3C)no2)ccc1OCc1cccnc1.Cl. The highest BCUT2D eigenvalue weighted by molar-refractivity contribution is 5.85. The fourth-order valence-electron chi connectivity index (χ4n) is 3.25. The van der Waals surface area contributed by atoms with Crippen LogP contribution in [0.3, 0.4) is 0 Å². The van der Waals surface area contributed by atoms with Crippen LogP contribution in [0, 0.1) is 0 Å². The van der Waals surface area contributed by atoms with Gasteiger partial charge in [0.25, 0.3) is 5.89 Å². The molecule has 0 spiro atoms. The van der Waals surface area contributed by atoms with Crippen molar-refractivity contribution in [2.75, 3.05) is 33.3 Å². The van der Waals surface area contributed by atoms with Crippen LogP contribution < -0.4 is 14.8 Å². The number of ether oxygens (including phenoxy) is 2. The summed E-state index contributed by atoms with van der Waals surface area (Å²) in [6.07, 6.45) is 3.52. The zero-order valence-electron chi connectivity index (χ0n) is 17.1. The molecule has 1 saturated heterocycles. The molecule has 3 aromatic rings. The lowest BCUT2D eigenvalue weighted by molar-refractivity contribution is 0.190. The van der Waals surface area contributed by atoms with E-state index in [0.29, 0.717) is 36.4 Å². The number of likely N-dealkylation sites (N-methyl/N-ethyl adjacent to an activating group) is 1. The Bertz CT molecular complexity index is 937. The van der Waals surface area contributed by atoms with E-state index in [0.717, 1.165) is 30.8 Å². The van der Waals surface area contributed by atoms with Gasteiger partial charge in [-0.1, -0.05) is 11.2 Å². The summed E-state index contributed by atoms with van der Waals surface area (Å²) in [5.74, 6) is 2.46. The lowest BCUT2D eigenvalue weighted by atomic mass is 10.2. The largest absolute Gasteiger partial charge is 0.490 e. The molecule has 2 aromatic heterocycles. The number of benzene rings is 1. The van der Waals surface area contributed by atoms with Gasteiger partial charge in [-0.05, 0) is 38.2 Å². The quantitative estimate of drug-likeness (QED) is 0.610. The molecule has 0 saturated carbocycles. The van der Waals surface area contributed by atoms with Gasteiger partial charge in [0.15, 0.2) is 17.3 Å². The van der Waals surface area contributed by atoms with Gasteiger partial charge in [-0.25, -0.2) is 0 Å². The molecule has 4 rings (SSSR count). The van der Waals surface area contributed by atoms with E-state index in [-0.39, 0.29) is 18.4 Å². The maximum absolute atomic E-state index is 5.93. The predicted molar refractivity (Wildman–Crippen MR) is 115 cm³/mol. The van der Waals surface area contributed by atoms with Gasteiger partial charge in [0.2, 0.25) is 0 Å². The van der Waals surface area contributed by atoms with Crippen molar-refractivity contribution in [3.05, 3.63) is 54.1 Å². The summed E-state index contributed by atoms with van der Waals surface area (Å²) in [7, 11) is 2.07. The van der Waals surface area contributed by atoms with Crippen LogP contribution in [0.4, 0.5) is 0 Å². The molecule has 8 nitrogen and oxygen atoms in total. The number of aromatic nitrogens is 3. The van der Waals surface area contributed by atoms with Crippen LogP contribution in [0.15, 0.2) is 47.2 Å². The molecular weight excluding hydrogens is 406 g/mol. The van der Waals surface area contributed by atoms with Gasteiger partial charge in [-0.15, -0.1) is 12.4 Å². The van der Waals surface area contributed by atoms with Crippen molar-refractivity contribution in [2.24, 2.45) is 0 Å². The van der Waals surface area contributed by atoms with Crippen LogP contribution in [0.25, 0.3) is 11.5 Å². The first-order valence-corrected chi connectivity index (χ1v) is 9.78. The molecule has 0 bridgehead atoms. The van der Waals surface area contributed by atoms with Crippen LogP contribution in [-0.2, 0) is 6.61 Å². The normalized spacial score (nSPS) is 16.7. The van der Waals surface area contributed by atoms with Crippen molar-refractivity contribution in [1.82, 2.24) is 25.3 Å². The minimum Gasteiger partial charge on any atom is -0.490 e. The van der Waals surface area contributed by atoms with Crippen LogP contribution in [-0.4, -0.2) is 53.3 Å². The second kappa shape index (κ2) is 10.4. The van der Waals surface area contributed by atoms with Crippen molar-refractivity contribution in [3.8, 4) is 23.0 Å². The monoisotopic (exact) mass is 431 g/mol. The van der Waals surface area contributed by atoms with Gasteiger partial charge in [0.05, 0.1) is 12.6 Å². The number of nitrogens with one attached hydrogen (secondary N) is 1. The molecule has 0 radical (unpaired) electrons. The average Bonchev–Trinajstić information content (AvgIpc) is 3.24. The number of rotatable bonds is 7. The van der Waals surface area contributed by atoms with Crippen molar-refractivity contribution in [3.63, 3.8) is 0 Å². The van der Waals surface area contributed by atoms with E-state index >= 15 is 0 Å². The Hall–Kier alpha value is -2.68. The predicted octanol–water partition coefficient (Wildman–Crippen LogP) is 3.11. The first kappa shape index (κ1) is 22.0. The molecule has 1 fully saturated rings. The summed E-state index contributed by atoms with van der Waals surface area (Å²) in [4.78, 5) is 11.0. The van der Waals surface area contributed by atoms with Gasteiger partial charge in [-0.3, -0.25) is 9.88 Å². The molecule has 30 heavy (non-hydrogen) atoms. The number of nitrogens with zero attached hydrogens (tertiary/aromatic N) is 4. The molecule has 1 aliphatic rings. The molecule has 0 aliphatic carbocycles. The maximum atomic E-state index is 5.93. The lowest BCUT2D eigenvalue weighted by Gasteiger charge is -2.30. The van der Waals surface area contributed by atoms with Gasteiger partial charge >= 0.3 is 0 Å². The molecule has 1 atom stereocenters. The first-order valence-electron chi connectivity index (χ1n) is 9.78. The number of pyridine rings is 1. The third kappa shape index (κ3) is 5.08. The van der Waals surface area contributed by atoms with Crippen molar-refractivity contribution in [2.45, 2.75) is 19.6 Å². The maximum Gasteiger partial charge on any atom is 0.258 e. The van der Waals surface area contributed by atoms with Crippen LogP contribution in [0.2, 0.25) is 0 Å². The molecule has 0 amide bonds. The number of hydrogen-bond donors (Lipinski definition) is 1. The van der Waals surface area contributed by atoms with Crippen LogP contribution in [0.1, 0.15) is 24.4 Å². The summed E-state index contributed by atoms with van der Waals surface area (Å²) in [5.41, 5.74) is 1.79. The Kier molecular flexibility index (Phi) is 7.62. The van der Waals surface area contributed by atoms with E-state index in [9.17, 15) is 0 Å². The minimum absolute atomic E-state index is 0. The van der Waals surface area contributed by atoms with E-state index < -0.39 is 0 Å². The molecule has 1 unspecified atom stereocenters. The van der Waals surface area contributed by atoms with Gasteiger partial charge in [0.1, 0.15) is 6.61 Å². The second-order valence-electron chi connectivity index (χ2n) is 6.90. The second-order valence-corrected chi connectivity index (χ2v) is 6.90. The molecule has 1 aliphatic heterocycles. The Morgan fingerprint density at radius 2 is 2.13 bits per heavy atom. The highest BCUT2D eigenvalue weighted by Crippen LogP contribution is 2.33. The first-order chi connectivity index (χ1) is 14.2. The van der Waals surface area contributed by atoms with E-state index in [1.165, 1.54) is 0 Å². The minimum atomic E-state index is 0. The third-order valence-electron chi connectivity index (χ3n) is 4.86. The summed E-state index contributed by atoms with van der Waals surface area (Å²) >= 11 is 0. The Balaban J connectivity index is 0.00000256. The van der Waals surface area contributed by atoms with E-state index in [1.54, 1.807) is 12.4 Å². The highest BCUT2D eigenvalue weighted by atomic mass is 35.5. The van der Waals surface area contributed by atoms with E-state index in [2.05, 4.69) is 32.4 Å². The average molecular weight is 432 g/mol. The van der Waals surface area contributed by atoms with Crippen molar-refractivity contribution >= 4 is 12.4 Å². The van der Waals surface area contributed by atoms with Crippen LogP contribution in [0.5, 0.6) is 11.5 Å². The van der Waals surface area contributed by atoms with Gasteiger partial charge in [0, 0.05) is 43.2 Å². The fraction of sp³-hybridized carbons (Fsp3) is 0.381. The summed E-state index contributed by atoms with van der Waals surface area (Å²) in [5, 5.41) is 7.56. The number of halogens is 1. The summed E-state index contributed by atoms with van der Waals surface area (Å²) in [6.45, 7) is 5.61. The van der Waals surface area contributed by atoms with Gasteiger partial charge in [-0.2, -0.15) is 4.98 Å². The lowest BCUT2D eigenvalue weighted by Crippen LogP contribution is -2.44. The topological polar surface area (TPSA) is 85.5 Å². The highest BCUT2D eigenvalue weighted by Gasteiger charge is 2.25. The Morgan fingerprint density at radius 1 is 1.23 bits per heavy atom. The van der Waals surface area contributed by atoms with E-state index in [1.807, 2.05) is 37.3 Å². The van der Waals surface area contributed by atoms with Crippen molar-refractivity contribution in [1.29, 1.82) is 0 Å². The Labute approximate surface area is 182 Å². The smallest absolute Gasteiger partial charge is 0.258 e. The molecule has 1 N–H and O–H groups in total. The molecule has 9 heteroatoms. The molecular formula is C21H26ClN5O3.